The molecule has 138 valence electrons. The number of rotatable bonds is 4. The van der Waals surface area contributed by atoms with E-state index in [0.717, 1.165) is 5.56 Å². The molecule has 6 heteroatoms. The lowest BCUT2D eigenvalue weighted by molar-refractivity contribution is -0.147. The van der Waals surface area contributed by atoms with Crippen molar-refractivity contribution in [2.45, 2.75) is 20.3 Å². The van der Waals surface area contributed by atoms with Crippen molar-refractivity contribution in [2.75, 3.05) is 18.1 Å². The van der Waals surface area contributed by atoms with Gasteiger partial charge < -0.3 is 14.1 Å². The number of esters is 1. The number of amides is 1. The first-order chi connectivity index (χ1) is 13.0. The highest BCUT2D eigenvalue weighted by atomic mass is 16.5. The number of aromatic nitrogens is 1. The Bertz CT molecular complexity index is 1010. The van der Waals surface area contributed by atoms with Gasteiger partial charge in [-0.2, -0.15) is 0 Å². The minimum Gasteiger partial charge on any atom is -0.466 e. The van der Waals surface area contributed by atoms with Crippen molar-refractivity contribution in [3.05, 3.63) is 48.0 Å². The van der Waals surface area contributed by atoms with E-state index < -0.39 is 5.92 Å². The molecule has 1 saturated heterocycles. The molecule has 1 aliphatic rings. The molecule has 0 saturated carbocycles. The Kier molecular flexibility index (Phi) is 4.39. The molecule has 27 heavy (non-hydrogen) atoms. The van der Waals surface area contributed by atoms with Crippen LogP contribution in [0.5, 0.6) is 0 Å². The number of hydrogen-bond acceptors (Lipinski definition) is 5. The predicted octanol–water partition coefficient (Wildman–Crippen LogP) is 3.72. The zero-order chi connectivity index (χ0) is 19.0. The fourth-order valence-corrected chi connectivity index (χ4v) is 3.28. The van der Waals surface area contributed by atoms with Crippen molar-refractivity contribution in [1.82, 2.24) is 4.98 Å². The van der Waals surface area contributed by atoms with Crippen molar-refractivity contribution in [2.24, 2.45) is 5.92 Å². The fourth-order valence-electron chi connectivity index (χ4n) is 3.28. The monoisotopic (exact) mass is 364 g/mol. The summed E-state index contributed by atoms with van der Waals surface area (Å²) >= 11 is 0. The number of benzene rings is 2. The highest BCUT2D eigenvalue weighted by molar-refractivity contribution is 6.00. The molecule has 1 atom stereocenters. The molecular weight excluding hydrogens is 344 g/mol. The van der Waals surface area contributed by atoms with Gasteiger partial charge in [0.25, 0.3) is 0 Å². The Morgan fingerprint density at radius 1 is 1.26 bits per heavy atom. The van der Waals surface area contributed by atoms with E-state index in [2.05, 4.69) is 4.98 Å². The standard InChI is InChI=1S/C21H20N2O4/c1-3-26-21(25)15-10-19(24)23(12-15)16-8-9-18-17(11-16)22-20(27-18)14-6-4-13(2)5-7-14/h4-9,11,15H,3,10,12H2,1-2H3. The fraction of sp³-hybridized carbons (Fsp3) is 0.286. The minimum atomic E-state index is -0.423. The number of oxazole rings is 1. The van der Waals surface area contributed by atoms with Gasteiger partial charge >= 0.3 is 5.97 Å². The summed E-state index contributed by atoms with van der Waals surface area (Å²) in [5, 5.41) is 0. The van der Waals surface area contributed by atoms with Crippen molar-refractivity contribution in [1.29, 1.82) is 0 Å². The third kappa shape index (κ3) is 3.30. The maximum Gasteiger partial charge on any atom is 0.311 e. The van der Waals surface area contributed by atoms with Crippen molar-refractivity contribution >= 4 is 28.7 Å². The summed E-state index contributed by atoms with van der Waals surface area (Å²) in [5.41, 5.74) is 4.11. The first-order valence-electron chi connectivity index (χ1n) is 9.00. The molecule has 2 heterocycles. The van der Waals surface area contributed by atoms with E-state index in [0.29, 0.717) is 35.8 Å². The van der Waals surface area contributed by atoms with E-state index in [4.69, 9.17) is 9.15 Å². The maximum atomic E-state index is 12.4. The molecular formula is C21H20N2O4. The highest BCUT2D eigenvalue weighted by Crippen LogP contribution is 2.31. The predicted molar refractivity (Wildman–Crippen MR) is 101 cm³/mol. The Morgan fingerprint density at radius 2 is 2.04 bits per heavy atom. The third-order valence-corrected chi connectivity index (χ3v) is 4.73. The molecule has 1 aromatic heterocycles. The molecule has 0 radical (unpaired) electrons. The molecule has 1 unspecified atom stereocenters. The molecule has 1 aliphatic heterocycles. The van der Waals surface area contributed by atoms with Crippen LogP contribution in [0.25, 0.3) is 22.6 Å². The van der Waals surface area contributed by atoms with Crippen LogP contribution < -0.4 is 4.90 Å². The summed E-state index contributed by atoms with van der Waals surface area (Å²) in [6.07, 6.45) is 0.171. The number of hydrogen-bond donors (Lipinski definition) is 0. The zero-order valence-corrected chi connectivity index (χ0v) is 15.3. The molecule has 3 aromatic rings. The van der Waals surface area contributed by atoms with Crippen LogP contribution in [-0.4, -0.2) is 30.0 Å². The molecule has 0 bridgehead atoms. The molecule has 1 amide bonds. The van der Waals surface area contributed by atoms with Crippen LogP contribution in [0.1, 0.15) is 18.9 Å². The van der Waals surface area contributed by atoms with Gasteiger partial charge in [-0.15, -0.1) is 0 Å². The van der Waals surface area contributed by atoms with E-state index in [1.54, 1.807) is 17.9 Å². The van der Waals surface area contributed by atoms with Crippen LogP contribution in [0, 0.1) is 12.8 Å². The largest absolute Gasteiger partial charge is 0.466 e. The van der Waals surface area contributed by atoms with Gasteiger partial charge in [-0.1, -0.05) is 17.7 Å². The van der Waals surface area contributed by atoms with Gasteiger partial charge in [0.2, 0.25) is 11.8 Å². The number of fused-ring (bicyclic) bond motifs is 1. The summed E-state index contributed by atoms with van der Waals surface area (Å²) in [5.74, 6) is -0.292. The van der Waals surface area contributed by atoms with E-state index in [-0.39, 0.29) is 18.3 Å². The van der Waals surface area contributed by atoms with Crippen LogP contribution >= 0.6 is 0 Å². The summed E-state index contributed by atoms with van der Waals surface area (Å²) < 4.78 is 10.9. The second-order valence-corrected chi connectivity index (χ2v) is 6.69. The molecule has 0 aliphatic carbocycles. The van der Waals surface area contributed by atoms with Gasteiger partial charge in [0.15, 0.2) is 5.58 Å². The summed E-state index contributed by atoms with van der Waals surface area (Å²) in [7, 11) is 0. The van der Waals surface area contributed by atoms with E-state index in [1.807, 2.05) is 43.3 Å². The number of anilines is 1. The summed E-state index contributed by atoms with van der Waals surface area (Å²) in [6.45, 7) is 4.43. The molecule has 0 spiro atoms. The van der Waals surface area contributed by atoms with E-state index >= 15 is 0 Å². The normalized spacial score (nSPS) is 16.9. The second-order valence-electron chi connectivity index (χ2n) is 6.69. The second kappa shape index (κ2) is 6.87. The highest BCUT2D eigenvalue weighted by Gasteiger charge is 2.36. The quantitative estimate of drug-likeness (QED) is 0.660. The molecule has 4 rings (SSSR count). The van der Waals surface area contributed by atoms with Crippen LogP contribution in [0.3, 0.4) is 0 Å². The number of aryl methyl sites for hydroxylation is 1. The van der Waals surface area contributed by atoms with Gasteiger partial charge in [-0.05, 0) is 44.2 Å². The minimum absolute atomic E-state index is 0.0883. The number of carbonyl (C=O) groups excluding carboxylic acids is 2. The van der Waals surface area contributed by atoms with Gasteiger partial charge in [-0.3, -0.25) is 9.59 Å². The SMILES string of the molecule is CCOC(=O)C1CC(=O)N(c2ccc3oc(-c4ccc(C)cc4)nc3c2)C1. The Morgan fingerprint density at radius 3 is 2.78 bits per heavy atom. The van der Waals surface area contributed by atoms with Crippen molar-refractivity contribution in [3.8, 4) is 11.5 Å². The summed E-state index contributed by atoms with van der Waals surface area (Å²) in [4.78, 5) is 30.5. The Balaban J connectivity index is 1.61. The van der Waals surface area contributed by atoms with Crippen LogP contribution in [-0.2, 0) is 14.3 Å². The Labute approximate surface area is 156 Å². The Hall–Kier alpha value is -3.15. The number of carbonyl (C=O) groups is 2. The molecule has 1 fully saturated rings. The first kappa shape index (κ1) is 17.3. The van der Waals surface area contributed by atoms with Gasteiger partial charge in [0, 0.05) is 24.2 Å². The molecule has 6 nitrogen and oxygen atoms in total. The van der Waals surface area contributed by atoms with Crippen LogP contribution in [0.4, 0.5) is 5.69 Å². The smallest absolute Gasteiger partial charge is 0.311 e. The van der Waals surface area contributed by atoms with Crippen molar-refractivity contribution in [3.63, 3.8) is 0 Å². The van der Waals surface area contributed by atoms with E-state index in [1.165, 1.54) is 5.56 Å². The maximum absolute atomic E-state index is 12.4. The average Bonchev–Trinajstić information content (AvgIpc) is 3.25. The molecule has 2 aromatic carbocycles. The average molecular weight is 364 g/mol. The number of nitrogens with zero attached hydrogens (tertiary/aromatic N) is 2. The van der Waals surface area contributed by atoms with Crippen LogP contribution in [0.15, 0.2) is 46.9 Å². The lowest BCUT2D eigenvalue weighted by Gasteiger charge is -2.16. The van der Waals surface area contributed by atoms with E-state index in [9.17, 15) is 9.59 Å². The first-order valence-corrected chi connectivity index (χ1v) is 9.00. The topological polar surface area (TPSA) is 72.6 Å². The van der Waals surface area contributed by atoms with Crippen LogP contribution in [0.2, 0.25) is 0 Å². The lowest BCUT2D eigenvalue weighted by atomic mass is 10.1. The third-order valence-electron chi connectivity index (χ3n) is 4.73. The number of ether oxygens (including phenoxy) is 1. The van der Waals surface area contributed by atoms with Gasteiger partial charge in [-0.25, -0.2) is 4.98 Å². The van der Waals surface area contributed by atoms with Gasteiger partial charge in [0.05, 0.1) is 12.5 Å². The zero-order valence-electron chi connectivity index (χ0n) is 15.3. The molecule has 0 N–H and O–H groups in total. The van der Waals surface area contributed by atoms with Gasteiger partial charge in [0.1, 0.15) is 5.52 Å². The van der Waals surface area contributed by atoms with Crippen molar-refractivity contribution < 1.29 is 18.7 Å². The summed E-state index contributed by atoms with van der Waals surface area (Å²) in [6, 6.07) is 13.4. The lowest BCUT2D eigenvalue weighted by Crippen LogP contribution is -2.26.